The second-order valence-electron chi connectivity index (χ2n) is 5.55. The topological polar surface area (TPSA) is 35.2 Å². The maximum atomic E-state index is 6.27. The van der Waals surface area contributed by atoms with Gasteiger partial charge in [-0.05, 0) is 62.6 Å². The zero-order chi connectivity index (χ0) is 13.0. The Hall–Kier alpha value is -0.860. The maximum Gasteiger partial charge on any atom is 0.0576 e. The van der Waals surface area contributed by atoms with Crippen LogP contribution in [0.4, 0.5) is 0 Å². The Morgan fingerprint density at radius 2 is 2.06 bits per heavy atom. The molecule has 1 fully saturated rings. The molecule has 18 heavy (non-hydrogen) atoms. The number of rotatable bonds is 5. The third-order valence-corrected chi connectivity index (χ3v) is 3.99. The van der Waals surface area contributed by atoms with Crippen LogP contribution in [0.2, 0.25) is 0 Å². The molecular formula is C16H25NO. The minimum atomic E-state index is 0.258. The molecule has 1 aromatic carbocycles. The molecule has 1 heterocycles. The molecule has 0 aromatic heterocycles. The highest BCUT2D eigenvalue weighted by Gasteiger charge is 2.17. The summed E-state index contributed by atoms with van der Waals surface area (Å²) in [6.07, 6.45) is 6.08. The summed E-state index contributed by atoms with van der Waals surface area (Å²) in [5, 5.41) is 0. The average molecular weight is 247 g/mol. The van der Waals surface area contributed by atoms with Gasteiger partial charge >= 0.3 is 0 Å². The first-order valence-electron chi connectivity index (χ1n) is 7.09. The van der Waals surface area contributed by atoms with Crippen molar-refractivity contribution < 1.29 is 4.74 Å². The summed E-state index contributed by atoms with van der Waals surface area (Å²) in [6.45, 7) is 5.29. The molecule has 1 aliphatic rings. The van der Waals surface area contributed by atoms with Crippen LogP contribution in [0, 0.1) is 13.8 Å². The van der Waals surface area contributed by atoms with E-state index in [1.807, 2.05) is 0 Å². The highest BCUT2D eigenvalue weighted by Crippen LogP contribution is 2.20. The van der Waals surface area contributed by atoms with Gasteiger partial charge in [0.1, 0.15) is 0 Å². The number of benzene rings is 1. The number of hydrogen-bond donors (Lipinski definition) is 1. The van der Waals surface area contributed by atoms with E-state index in [0.29, 0.717) is 6.10 Å². The molecule has 2 heteroatoms. The van der Waals surface area contributed by atoms with E-state index in [2.05, 4.69) is 32.0 Å². The van der Waals surface area contributed by atoms with Crippen LogP contribution in [-0.4, -0.2) is 18.8 Å². The molecule has 2 unspecified atom stereocenters. The van der Waals surface area contributed by atoms with Crippen molar-refractivity contribution in [2.45, 2.75) is 58.1 Å². The fraction of sp³-hybridized carbons (Fsp3) is 0.625. The van der Waals surface area contributed by atoms with Crippen molar-refractivity contribution >= 4 is 0 Å². The van der Waals surface area contributed by atoms with Gasteiger partial charge in [0.05, 0.1) is 6.10 Å². The van der Waals surface area contributed by atoms with Crippen molar-refractivity contribution in [3.05, 3.63) is 34.9 Å². The van der Waals surface area contributed by atoms with Gasteiger partial charge in [-0.25, -0.2) is 0 Å². The van der Waals surface area contributed by atoms with E-state index in [-0.39, 0.29) is 6.04 Å². The zero-order valence-electron chi connectivity index (χ0n) is 11.6. The monoisotopic (exact) mass is 247 g/mol. The first-order valence-corrected chi connectivity index (χ1v) is 7.09. The van der Waals surface area contributed by atoms with Crippen molar-refractivity contribution in [1.82, 2.24) is 0 Å². The average Bonchev–Trinajstić information content (AvgIpc) is 2.84. The lowest BCUT2D eigenvalue weighted by atomic mass is 9.94. The fourth-order valence-corrected chi connectivity index (χ4v) is 2.81. The Labute approximate surface area is 111 Å². The van der Waals surface area contributed by atoms with Crippen molar-refractivity contribution in [2.24, 2.45) is 5.73 Å². The van der Waals surface area contributed by atoms with E-state index in [0.717, 1.165) is 25.9 Å². The normalized spacial score (nSPS) is 21.2. The van der Waals surface area contributed by atoms with Crippen LogP contribution in [0.1, 0.15) is 42.4 Å². The summed E-state index contributed by atoms with van der Waals surface area (Å²) < 4.78 is 5.65. The molecule has 2 rings (SSSR count). The van der Waals surface area contributed by atoms with Crippen LogP contribution < -0.4 is 5.73 Å². The van der Waals surface area contributed by atoms with E-state index in [1.54, 1.807) is 0 Å². The predicted octanol–water partition coefficient (Wildman–Crippen LogP) is 3.13. The number of nitrogens with two attached hydrogens (primary N) is 1. The van der Waals surface area contributed by atoms with Gasteiger partial charge in [0, 0.05) is 12.6 Å². The van der Waals surface area contributed by atoms with Crippen LogP contribution in [-0.2, 0) is 11.2 Å². The molecule has 0 bridgehead atoms. The van der Waals surface area contributed by atoms with E-state index in [9.17, 15) is 0 Å². The lowest BCUT2D eigenvalue weighted by Crippen LogP contribution is -2.25. The summed E-state index contributed by atoms with van der Waals surface area (Å²) in [5.74, 6) is 0. The SMILES string of the molecule is Cc1cccc(C)c1CC(N)CCC1CCCO1. The molecule has 0 radical (unpaired) electrons. The molecule has 2 atom stereocenters. The molecular weight excluding hydrogens is 222 g/mol. The third-order valence-electron chi connectivity index (χ3n) is 3.99. The van der Waals surface area contributed by atoms with Crippen LogP contribution in [0.15, 0.2) is 18.2 Å². The van der Waals surface area contributed by atoms with Gasteiger partial charge in [-0.1, -0.05) is 18.2 Å². The van der Waals surface area contributed by atoms with Gasteiger partial charge in [0.25, 0.3) is 0 Å². The molecule has 100 valence electrons. The van der Waals surface area contributed by atoms with Gasteiger partial charge in [-0.2, -0.15) is 0 Å². The van der Waals surface area contributed by atoms with Crippen LogP contribution >= 0.6 is 0 Å². The number of ether oxygens (including phenoxy) is 1. The lowest BCUT2D eigenvalue weighted by molar-refractivity contribution is 0.101. The zero-order valence-corrected chi connectivity index (χ0v) is 11.6. The Morgan fingerprint density at radius 1 is 1.33 bits per heavy atom. The summed E-state index contributed by atoms with van der Waals surface area (Å²) in [5.41, 5.74) is 10.4. The predicted molar refractivity (Wildman–Crippen MR) is 75.8 cm³/mol. The Morgan fingerprint density at radius 3 is 2.67 bits per heavy atom. The third kappa shape index (κ3) is 3.56. The van der Waals surface area contributed by atoms with Crippen molar-refractivity contribution in [3.63, 3.8) is 0 Å². The second-order valence-corrected chi connectivity index (χ2v) is 5.55. The molecule has 0 saturated carbocycles. The van der Waals surface area contributed by atoms with E-state index in [4.69, 9.17) is 10.5 Å². The van der Waals surface area contributed by atoms with Crippen molar-refractivity contribution in [1.29, 1.82) is 0 Å². The Kier molecular flexibility index (Phi) is 4.79. The van der Waals surface area contributed by atoms with Crippen LogP contribution in [0.3, 0.4) is 0 Å². The molecule has 0 spiro atoms. The maximum absolute atomic E-state index is 6.27. The van der Waals surface area contributed by atoms with E-state index < -0.39 is 0 Å². The molecule has 1 aliphatic heterocycles. The first-order chi connectivity index (χ1) is 8.66. The summed E-state index contributed by atoms with van der Waals surface area (Å²) >= 11 is 0. The van der Waals surface area contributed by atoms with Crippen molar-refractivity contribution in [2.75, 3.05) is 6.61 Å². The quantitative estimate of drug-likeness (QED) is 0.867. The number of hydrogen-bond acceptors (Lipinski definition) is 2. The van der Waals surface area contributed by atoms with Gasteiger partial charge in [-0.15, -0.1) is 0 Å². The van der Waals surface area contributed by atoms with E-state index in [1.165, 1.54) is 29.5 Å². The first kappa shape index (κ1) is 13.6. The van der Waals surface area contributed by atoms with E-state index >= 15 is 0 Å². The summed E-state index contributed by atoms with van der Waals surface area (Å²) in [7, 11) is 0. The largest absolute Gasteiger partial charge is 0.378 e. The molecule has 1 saturated heterocycles. The van der Waals surface area contributed by atoms with Crippen molar-refractivity contribution in [3.8, 4) is 0 Å². The summed E-state index contributed by atoms with van der Waals surface area (Å²) in [6, 6.07) is 6.73. The number of aryl methyl sites for hydroxylation is 2. The Balaban J connectivity index is 1.84. The highest BCUT2D eigenvalue weighted by atomic mass is 16.5. The molecule has 0 amide bonds. The smallest absolute Gasteiger partial charge is 0.0576 e. The molecule has 2 nitrogen and oxygen atoms in total. The second kappa shape index (κ2) is 6.35. The van der Waals surface area contributed by atoms with Crippen LogP contribution in [0.5, 0.6) is 0 Å². The Bertz CT molecular complexity index is 362. The highest BCUT2D eigenvalue weighted by molar-refractivity contribution is 5.34. The van der Waals surface area contributed by atoms with Gasteiger partial charge in [-0.3, -0.25) is 0 Å². The van der Waals surface area contributed by atoms with Gasteiger partial charge in [0.15, 0.2) is 0 Å². The minimum Gasteiger partial charge on any atom is -0.378 e. The minimum absolute atomic E-state index is 0.258. The summed E-state index contributed by atoms with van der Waals surface area (Å²) in [4.78, 5) is 0. The fourth-order valence-electron chi connectivity index (χ4n) is 2.81. The molecule has 0 aliphatic carbocycles. The van der Waals surface area contributed by atoms with Gasteiger partial charge < -0.3 is 10.5 Å². The molecule has 1 aromatic rings. The lowest BCUT2D eigenvalue weighted by Gasteiger charge is -2.17. The standard InChI is InChI=1S/C16H25NO/c1-12-5-3-6-13(2)16(12)11-14(17)8-9-15-7-4-10-18-15/h3,5-6,14-15H,4,7-11,17H2,1-2H3. The van der Waals surface area contributed by atoms with Crippen LogP contribution in [0.25, 0.3) is 0 Å². The van der Waals surface area contributed by atoms with Gasteiger partial charge in [0.2, 0.25) is 0 Å². The molecule has 2 N–H and O–H groups in total.